The van der Waals surface area contributed by atoms with Crippen LogP contribution in [0.25, 0.3) is 0 Å². The van der Waals surface area contributed by atoms with Gasteiger partial charge in [0.15, 0.2) is 0 Å². The maximum Gasteiger partial charge on any atom is 0.323 e. The number of hydrogen-bond acceptors (Lipinski definition) is 3. The quantitative estimate of drug-likeness (QED) is 0.550. The van der Waals surface area contributed by atoms with Gasteiger partial charge < -0.3 is 10.1 Å². The van der Waals surface area contributed by atoms with Crippen LogP contribution in [0.5, 0.6) is 0 Å². The molecule has 0 aliphatic heterocycles. The highest BCUT2D eigenvalue weighted by atomic mass is 16.5. The molecule has 1 atom stereocenters. The number of hydrogen-bond donors (Lipinski definition) is 1. The van der Waals surface area contributed by atoms with Gasteiger partial charge in [-0.3, -0.25) is 4.79 Å². The van der Waals surface area contributed by atoms with E-state index in [4.69, 9.17) is 4.74 Å². The maximum absolute atomic E-state index is 11.8. The first-order valence-corrected chi connectivity index (χ1v) is 7.18. The van der Waals surface area contributed by atoms with Crippen molar-refractivity contribution in [3.63, 3.8) is 0 Å². The summed E-state index contributed by atoms with van der Waals surface area (Å²) in [7, 11) is 0. The van der Waals surface area contributed by atoms with Crippen LogP contribution in [0, 0.1) is 0 Å². The van der Waals surface area contributed by atoms with E-state index in [0.717, 1.165) is 25.8 Å². The molecule has 0 aromatic carbocycles. The van der Waals surface area contributed by atoms with Gasteiger partial charge in [-0.1, -0.05) is 26.2 Å². The van der Waals surface area contributed by atoms with Crippen LogP contribution in [-0.2, 0) is 9.53 Å². The molecule has 0 bridgehead atoms. The van der Waals surface area contributed by atoms with Crippen LogP contribution in [0.3, 0.4) is 0 Å². The number of carbonyl (C=O) groups is 1. The summed E-state index contributed by atoms with van der Waals surface area (Å²) in [6.07, 6.45) is 9.54. The van der Waals surface area contributed by atoms with E-state index in [-0.39, 0.29) is 18.1 Å². The van der Waals surface area contributed by atoms with Gasteiger partial charge in [-0.2, -0.15) is 0 Å². The van der Waals surface area contributed by atoms with Gasteiger partial charge in [-0.25, -0.2) is 0 Å². The van der Waals surface area contributed by atoms with Crippen molar-refractivity contribution in [2.45, 2.75) is 77.4 Å². The van der Waals surface area contributed by atoms with E-state index in [1.54, 1.807) is 0 Å². The third-order valence-corrected chi connectivity index (χ3v) is 3.42. The molecule has 0 spiro atoms. The van der Waals surface area contributed by atoms with E-state index in [2.05, 4.69) is 12.2 Å². The zero-order valence-corrected chi connectivity index (χ0v) is 11.3. The van der Waals surface area contributed by atoms with Gasteiger partial charge >= 0.3 is 5.97 Å². The zero-order valence-electron chi connectivity index (χ0n) is 11.3. The SMILES string of the molecule is CCCCCN[C@H](C)C(=O)OC1CCCCC1. The molecule has 1 saturated carbocycles. The fourth-order valence-corrected chi connectivity index (χ4v) is 2.23. The Morgan fingerprint density at radius 1 is 1.29 bits per heavy atom. The number of ether oxygens (including phenoxy) is 1. The molecule has 1 rings (SSSR count). The Balaban J connectivity index is 2.12. The van der Waals surface area contributed by atoms with Crippen LogP contribution in [0.15, 0.2) is 0 Å². The van der Waals surface area contributed by atoms with E-state index in [9.17, 15) is 4.79 Å². The summed E-state index contributed by atoms with van der Waals surface area (Å²) in [5.41, 5.74) is 0. The fourth-order valence-electron chi connectivity index (χ4n) is 2.23. The summed E-state index contributed by atoms with van der Waals surface area (Å²) in [5.74, 6) is -0.0756. The number of unbranched alkanes of at least 4 members (excludes halogenated alkanes) is 2. The Bertz CT molecular complexity index is 212. The van der Waals surface area contributed by atoms with Crippen molar-refractivity contribution >= 4 is 5.97 Å². The van der Waals surface area contributed by atoms with E-state index in [0.29, 0.717) is 0 Å². The number of rotatable bonds is 7. The minimum Gasteiger partial charge on any atom is -0.461 e. The Morgan fingerprint density at radius 3 is 2.65 bits per heavy atom. The van der Waals surface area contributed by atoms with Crippen molar-refractivity contribution in [2.75, 3.05) is 6.54 Å². The second-order valence-corrected chi connectivity index (χ2v) is 5.08. The smallest absolute Gasteiger partial charge is 0.323 e. The summed E-state index contributed by atoms with van der Waals surface area (Å²) in [6.45, 7) is 4.99. The van der Waals surface area contributed by atoms with Gasteiger partial charge in [0.2, 0.25) is 0 Å². The Labute approximate surface area is 105 Å². The van der Waals surface area contributed by atoms with Gasteiger partial charge in [0.05, 0.1) is 0 Å². The van der Waals surface area contributed by atoms with Crippen LogP contribution in [0.1, 0.15) is 65.2 Å². The van der Waals surface area contributed by atoms with Gasteiger partial charge in [0, 0.05) is 0 Å². The zero-order chi connectivity index (χ0) is 12.5. The molecule has 0 unspecified atom stereocenters. The summed E-state index contributed by atoms with van der Waals surface area (Å²) in [4.78, 5) is 11.8. The third kappa shape index (κ3) is 6.06. The van der Waals surface area contributed by atoms with Crippen LogP contribution in [0.2, 0.25) is 0 Å². The first-order valence-electron chi connectivity index (χ1n) is 7.18. The average Bonchev–Trinajstić information content (AvgIpc) is 2.35. The number of nitrogens with one attached hydrogen (secondary N) is 1. The van der Waals surface area contributed by atoms with E-state index in [1.165, 1.54) is 32.1 Å². The van der Waals surface area contributed by atoms with Gasteiger partial charge in [-0.05, 0) is 45.6 Å². The number of carbonyl (C=O) groups excluding carboxylic acids is 1. The highest BCUT2D eigenvalue weighted by Crippen LogP contribution is 2.20. The summed E-state index contributed by atoms with van der Waals surface area (Å²) >= 11 is 0. The summed E-state index contributed by atoms with van der Waals surface area (Å²) in [6, 6.07) is -0.159. The molecular weight excluding hydrogens is 214 g/mol. The fraction of sp³-hybridized carbons (Fsp3) is 0.929. The largest absolute Gasteiger partial charge is 0.461 e. The van der Waals surface area contributed by atoms with Gasteiger partial charge in [-0.15, -0.1) is 0 Å². The summed E-state index contributed by atoms with van der Waals surface area (Å²) < 4.78 is 5.51. The molecule has 0 heterocycles. The molecule has 3 heteroatoms. The molecule has 0 aromatic heterocycles. The van der Waals surface area contributed by atoms with E-state index >= 15 is 0 Å². The monoisotopic (exact) mass is 241 g/mol. The minimum atomic E-state index is -0.159. The van der Waals surface area contributed by atoms with Crippen molar-refractivity contribution in [1.82, 2.24) is 5.32 Å². The lowest BCUT2D eigenvalue weighted by atomic mass is 9.98. The maximum atomic E-state index is 11.8. The lowest BCUT2D eigenvalue weighted by molar-refractivity contribution is -0.152. The Morgan fingerprint density at radius 2 is 2.00 bits per heavy atom. The third-order valence-electron chi connectivity index (χ3n) is 3.42. The van der Waals surface area contributed by atoms with Gasteiger partial charge in [0.25, 0.3) is 0 Å². The van der Waals surface area contributed by atoms with E-state index < -0.39 is 0 Å². The summed E-state index contributed by atoms with van der Waals surface area (Å²) in [5, 5.41) is 3.23. The minimum absolute atomic E-state index is 0.0756. The normalized spacial score (nSPS) is 18.9. The lowest BCUT2D eigenvalue weighted by Crippen LogP contribution is -2.38. The predicted octanol–water partition coefficient (Wildman–Crippen LogP) is 3.03. The predicted molar refractivity (Wildman–Crippen MR) is 70.0 cm³/mol. The topological polar surface area (TPSA) is 38.3 Å². The van der Waals surface area contributed by atoms with Crippen LogP contribution < -0.4 is 5.32 Å². The molecule has 1 aliphatic carbocycles. The molecule has 1 aliphatic rings. The standard InChI is InChI=1S/C14H27NO2/c1-3-4-8-11-15-12(2)14(16)17-13-9-6-5-7-10-13/h12-13,15H,3-11H2,1-2H3/t12-/m1/s1. The second-order valence-electron chi connectivity index (χ2n) is 5.08. The molecule has 1 fully saturated rings. The second kappa shape index (κ2) is 8.51. The van der Waals surface area contributed by atoms with E-state index in [1.807, 2.05) is 6.92 Å². The van der Waals surface area contributed by atoms with Crippen LogP contribution in [0.4, 0.5) is 0 Å². The Hall–Kier alpha value is -0.570. The molecule has 0 amide bonds. The van der Waals surface area contributed by atoms with Crippen LogP contribution in [-0.4, -0.2) is 24.7 Å². The average molecular weight is 241 g/mol. The first kappa shape index (κ1) is 14.5. The molecule has 3 nitrogen and oxygen atoms in total. The number of esters is 1. The van der Waals surface area contributed by atoms with Crippen molar-refractivity contribution in [3.8, 4) is 0 Å². The van der Waals surface area contributed by atoms with Crippen LogP contribution >= 0.6 is 0 Å². The molecule has 0 saturated heterocycles. The highest BCUT2D eigenvalue weighted by molar-refractivity contribution is 5.75. The van der Waals surface area contributed by atoms with Crippen molar-refractivity contribution in [1.29, 1.82) is 0 Å². The van der Waals surface area contributed by atoms with Gasteiger partial charge in [0.1, 0.15) is 12.1 Å². The van der Waals surface area contributed by atoms with Crippen molar-refractivity contribution < 1.29 is 9.53 Å². The van der Waals surface area contributed by atoms with Crippen molar-refractivity contribution in [2.24, 2.45) is 0 Å². The molecule has 0 radical (unpaired) electrons. The lowest BCUT2D eigenvalue weighted by Gasteiger charge is -2.23. The Kier molecular flexibility index (Phi) is 7.25. The molecule has 0 aromatic rings. The van der Waals surface area contributed by atoms with Crippen molar-refractivity contribution in [3.05, 3.63) is 0 Å². The molecule has 100 valence electrons. The highest BCUT2D eigenvalue weighted by Gasteiger charge is 2.20. The molecule has 1 N–H and O–H groups in total. The first-order chi connectivity index (χ1) is 8.24. The molecule has 17 heavy (non-hydrogen) atoms. The molecular formula is C14H27NO2.